The Morgan fingerprint density at radius 1 is 0.257 bits per heavy atom. The van der Waals surface area contributed by atoms with Gasteiger partial charge in [-0.15, -0.1) is 0 Å². The van der Waals surface area contributed by atoms with Crippen LogP contribution in [0.2, 0.25) is 0 Å². The van der Waals surface area contributed by atoms with Gasteiger partial charge in [-0.3, -0.25) is 37.3 Å². The average Bonchev–Trinajstić information content (AvgIpc) is 0.902. The summed E-state index contributed by atoms with van der Waals surface area (Å²) in [5.74, 6) is -1.32. The van der Waals surface area contributed by atoms with Crippen molar-refractivity contribution >= 4 is 39.5 Å². The summed E-state index contributed by atoms with van der Waals surface area (Å²) in [4.78, 5) is 73.4. The summed E-state index contributed by atoms with van der Waals surface area (Å²) in [6, 6.07) is 0. The molecule has 0 amide bonds. The van der Waals surface area contributed by atoms with Gasteiger partial charge in [0, 0.05) is 25.7 Å². The zero-order chi connectivity index (χ0) is 79.7. The Bertz CT molecular complexity index is 2070. The van der Waals surface area contributed by atoms with Gasteiger partial charge >= 0.3 is 39.5 Å². The molecule has 3 unspecified atom stereocenters. The van der Waals surface area contributed by atoms with Crippen molar-refractivity contribution in [1.29, 1.82) is 0 Å². The highest BCUT2D eigenvalue weighted by molar-refractivity contribution is 7.47. The molecule has 0 radical (unpaired) electrons. The smallest absolute Gasteiger partial charge is 0.462 e. The molecular formula is C90H176O17P2. The highest BCUT2D eigenvalue weighted by atomic mass is 31.2. The number of aliphatic hydroxyl groups is 1. The molecule has 6 atom stereocenters. The molecule has 0 aliphatic rings. The van der Waals surface area contributed by atoms with Crippen LogP contribution in [-0.2, 0) is 65.4 Å². The third-order valence-corrected chi connectivity index (χ3v) is 23.5. The zero-order valence-corrected chi connectivity index (χ0v) is 73.5. The maximum absolute atomic E-state index is 13.2. The van der Waals surface area contributed by atoms with Crippen molar-refractivity contribution in [2.75, 3.05) is 39.6 Å². The third kappa shape index (κ3) is 82.4. The van der Waals surface area contributed by atoms with Gasteiger partial charge in [0.05, 0.1) is 26.4 Å². The van der Waals surface area contributed by atoms with Crippen molar-refractivity contribution in [2.24, 2.45) is 5.92 Å². The highest BCUT2D eigenvalue weighted by Gasteiger charge is 2.31. The predicted molar refractivity (Wildman–Crippen MR) is 451 cm³/mol. The van der Waals surface area contributed by atoms with E-state index in [-0.39, 0.29) is 25.7 Å². The van der Waals surface area contributed by atoms with Crippen molar-refractivity contribution in [2.45, 2.75) is 509 Å². The number of phosphoric acid groups is 2. The van der Waals surface area contributed by atoms with E-state index in [9.17, 15) is 43.2 Å². The molecule has 0 spiro atoms. The van der Waals surface area contributed by atoms with E-state index in [1.165, 1.54) is 315 Å². The second-order valence-electron chi connectivity index (χ2n) is 32.6. The van der Waals surface area contributed by atoms with Crippen LogP contribution >= 0.6 is 15.6 Å². The number of hydrogen-bond donors (Lipinski definition) is 3. The summed E-state index contributed by atoms with van der Waals surface area (Å²) >= 11 is 0. The molecule has 3 N–H and O–H groups in total. The molecule has 0 aromatic rings. The number of carbonyl (C=O) groups excluding carboxylic acids is 4. The molecule has 0 aromatic carbocycles. The van der Waals surface area contributed by atoms with Gasteiger partial charge in [-0.1, -0.05) is 439 Å². The van der Waals surface area contributed by atoms with Crippen LogP contribution in [0.5, 0.6) is 0 Å². The molecule has 0 aromatic heterocycles. The first kappa shape index (κ1) is 107. The van der Waals surface area contributed by atoms with Gasteiger partial charge in [-0.2, -0.15) is 0 Å². The second kappa shape index (κ2) is 82.6. The van der Waals surface area contributed by atoms with Gasteiger partial charge in [0.1, 0.15) is 19.3 Å². The lowest BCUT2D eigenvalue weighted by Crippen LogP contribution is -2.30. The highest BCUT2D eigenvalue weighted by Crippen LogP contribution is 2.45. The van der Waals surface area contributed by atoms with Crippen LogP contribution in [0.15, 0.2) is 0 Å². The van der Waals surface area contributed by atoms with E-state index in [2.05, 4.69) is 34.6 Å². The molecule has 0 fully saturated rings. The summed E-state index contributed by atoms with van der Waals surface area (Å²) in [6.45, 7) is 7.40. The largest absolute Gasteiger partial charge is 0.472 e. The number of aliphatic hydroxyl groups excluding tert-OH is 1. The summed E-state index contributed by atoms with van der Waals surface area (Å²) in [6.07, 6.45) is 77.8. The van der Waals surface area contributed by atoms with Crippen LogP contribution in [0.3, 0.4) is 0 Å². The number of rotatable bonds is 90. The van der Waals surface area contributed by atoms with E-state index < -0.39 is 97.5 Å². The molecule has 17 nitrogen and oxygen atoms in total. The molecule has 0 aliphatic heterocycles. The summed E-state index contributed by atoms with van der Waals surface area (Å²) in [7, 11) is -9.93. The minimum atomic E-state index is -4.97. The van der Waals surface area contributed by atoms with Gasteiger partial charge in [0.25, 0.3) is 0 Å². The molecular weight excluding hydrogens is 1410 g/mol. The van der Waals surface area contributed by atoms with Crippen molar-refractivity contribution < 1.29 is 80.2 Å². The lowest BCUT2D eigenvalue weighted by atomic mass is 9.99. The Balaban J connectivity index is 5.25. The maximum Gasteiger partial charge on any atom is 0.472 e. The van der Waals surface area contributed by atoms with Crippen LogP contribution in [0.25, 0.3) is 0 Å². The van der Waals surface area contributed by atoms with Crippen molar-refractivity contribution in [3.63, 3.8) is 0 Å². The van der Waals surface area contributed by atoms with E-state index in [4.69, 9.17) is 37.0 Å². The average molecular weight is 1590 g/mol. The molecule has 0 saturated heterocycles. The van der Waals surface area contributed by atoms with Crippen LogP contribution in [-0.4, -0.2) is 96.7 Å². The summed E-state index contributed by atoms with van der Waals surface area (Å²) < 4.78 is 69.1. The fourth-order valence-electron chi connectivity index (χ4n) is 14.1. The van der Waals surface area contributed by atoms with E-state index in [1.807, 2.05) is 0 Å². The Kier molecular flexibility index (Phi) is 81.1. The number of hydrogen-bond acceptors (Lipinski definition) is 15. The number of carbonyl (C=O) groups is 4. The van der Waals surface area contributed by atoms with E-state index in [0.717, 1.165) is 95.8 Å². The summed E-state index contributed by atoms with van der Waals surface area (Å²) in [5, 5.41) is 10.7. The summed E-state index contributed by atoms with van der Waals surface area (Å²) in [5.41, 5.74) is 0. The number of esters is 4. The molecule has 0 heterocycles. The van der Waals surface area contributed by atoms with Gasteiger partial charge in [0.2, 0.25) is 0 Å². The predicted octanol–water partition coefficient (Wildman–Crippen LogP) is 27.9. The normalized spacial score (nSPS) is 13.9. The number of phosphoric ester groups is 2. The fourth-order valence-corrected chi connectivity index (χ4v) is 15.7. The third-order valence-electron chi connectivity index (χ3n) is 21.6. The monoisotopic (exact) mass is 1590 g/mol. The lowest BCUT2D eigenvalue weighted by Gasteiger charge is -2.21. The quantitative estimate of drug-likeness (QED) is 0.0222. The van der Waals surface area contributed by atoms with Crippen LogP contribution in [0.4, 0.5) is 0 Å². The lowest BCUT2D eigenvalue weighted by molar-refractivity contribution is -0.161. The number of unbranched alkanes of at least 4 members (excludes halogenated alkanes) is 61. The minimum absolute atomic E-state index is 0.109. The Morgan fingerprint density at radius 3 is 0.651 bits per heavy atom. The standard InChI is InChI=1S/C90H176O17P2/c1-6-10-13-16-19-22-25-28-31-34-36-38-41-43-46-49-52-58-63-68-73-87(92)100-79-85(106-89(94)75-71-66-61-54-51-48-45-42-39-37-35-32-29-26-23-20-17-14-11-7-2)81-104-108(96,97)102-77-84(91)78-103-109(98,99)105-82-86(80-101-88(93)74-69-64-59-56-55-57-62-67-72-83(5)9-4)107-90(95)76-70-65-60-53-50-47-44-40-33-30-27-24-21-18-15-12-8-3/h83-86,91H,6-82H2,1-5H3,(H,96,97)(H,98,99)/t83?,84-,85-,86-/m1/s1. The molecule has 109 heavy (non-hydrogen) atoms. The topological polar surface area (TPSA) is 237 Å². The van der Waals surface area contributed by atoms with Crippen molar-refractivity contribution in [3.8, 4) is 0 Å². The SMILES string of the molecule is CCCCCCCCCCCCCCCCCCCCCCC(=O)OC[C@H](COP(=O)(O)OC[C@@H](O)COP(=O)(O)OC[C@@H](COC(=O)CCCCCCCCCCC(C)CC)OC(=O)CCCCCCCCCCCCCCCCCCC)OC(=O)CCCCCCCCCCCCCCCCCCCCCC. The first-order valence-corrected chi connectivity index (χ1v) is 49.7. The van der Waals surface area contributed by atoms with E-state index >= 15 is 0 Å². The number of ether oxygens (including phenoxy) is 4. The minimum Gasteiger partial charge on any atom is -0.462 e. The van der Waals surface area contributed by atoms with Crippen LogP contribution in [0.1, 0.15) is 490 Å². The Labute approximate surface area is 670 Å². The zero-order valence-electron chi connectivity index (χ0n) is 71.7. The molecule has 0 saturated carbocycles. The molecule has 648 valence electrons. The van der Waals surface area contributed by atoms with E-state index in [1.54, 1.807) is 0 Å². The van der Waals surface area contributed by atoms with Crippen molar-refractivity contribution in [3.05, 3.63) is 0 Å². The maximum atomic E-state index is 13.2. The van der Waals surface area contributed by atoms with Crippen molar-refractivity contribution in [1.82, 2.24) is 0 Å². The molecule has 19 heteroatoms. The van der Waals surface area contributed by atoms with Gasteiger partial charge in [-0.05, 0) is 31.6 Å². The van der Waals surface area contributed by atoms with Gasteiger partial charge < -0.3 is 33.8 Å². The molecule has 0 rings (SSSR count). The fraction of sp³-hybridized carbons (Fsp3) is 0.956. The Hall–Kier alpha value is -1.94. The van der Waals surface area contributed by atoms with Gasteiger partial charge in [0.15, 0.2) is 12.2 Å². The van der Waals surface area contributed by atoms with Gasteiger partial charge in [-0.25, -0.2) is 9.13 Å². The Morgan fingerprint density at radius 2 is 0.440 bits per heavy atom. The first-order chi connectivity index (χ1) is 53.1. The van der Waals surface area contributed by atoms with Crippen LogP contribution in [0, 0.1) is 5.92 Å². The molecule has 0 aliphatic carbocycles. The van der Waals surface area contributed by atoms with Crippen LogP contribution < -0.4 is 0 Å². The first-order valence-electron chi connectivity index (χ1n) is 46.7. The van der Waals surface area contributed by atoms with E-state index in [0.29, 0.717) is 25.7 Å². The molecule has 0 bridgehead atoms. The second-order valence-corrected chi connectivity index (χ2v) is 35.5.